The van der Waals surface area contributed by atoms with Gasteiger partial charge < -0.3 is 26.0 Å². The maximum Gasteiger partial charge on any atom is 0.433 e. The maximum atomic E-state index is 13.3. The van der Waals surface area contributed by atoms with Gasteiger partial charge in [-0.15, -0.1) is 0 Å². The van der Waals surface area contributed by atoms with Crippen LogP contribution in [0.2, 0.25) is 0 Å². The van der Waals surface area contributed by atoms with E-state index in [4.69, 9.17) is 10.5 Å². The lowest BCUT2D eigenvalue weighted by Crippen LogP contribution is -2.14. The number of aliphatic hydroxyl groups is 2. The number of nitrogens with one attached hydrogen (secondary N) is 1. The number of primary amides is 1. The Balaban J connectivity index is 1.84. The van der Waals surface area contributed by atoms with Crippen LogP contribution in [-0.2, 0) is 6.18 Å². The van der Waals surface area contributed by atoms with Crippen LogP contribution in [-0.4, -0.2) is 33.2 Å². The first-order chi connectivity index (χ1) is 16.6. The van der Waals surface area contributed by atoms with Crippen molar-refractivity contribution in [1.29, 1.82) is 0 Å². The van der Waals surface area contributed by atoms with E-state index in [-0.39, 0.29) is 22.6 Å². The first-order valence-corrected chi connectivity index (χ1v) is 10.2. The topological polar surface area (TPSA) is 131 Å². The molecule has 0 radical (unpaired) electrons. The number of hydrogen-bond donors (Lipinski definition) is 4. The van der Waals surface area contributed by atoms with E-state index < -0.39 is 24.1 Å². The molecule has 4 rings (SSSR count). The molecule has 8 nitrogen and oxygen atoms in total. The van der Waals surface area contributed by atoms with Crippen molar-refractivity contribution in [1.82, 2.24) is 9.97 Å². The molecule has 0 saturated heterocycles. The van der Waals surface area contributed by atoms with Crippen LogP contribution in [0.4, 0.5) is 24.5 Å². The van der Waals surface area contributed by atoms with E-state index in [9.17, 15) is 28.2 Å². The number of carbonyl (C=O) groups excluding carboxylic acids is 1. The van der Waals surface area contributed by atoms with Crippen LogP contribution in [0.5, 0.6) is 5.88 Å². The summed E-state index contributed by atoms with van der Waals surface area (Å²) in [6.07, 6.45) is -5.10. The summed E-state index contributed by atoms with van der Waals surface area (Å²) in [7, 11) is 1.22. The second-order valence-corrected chi connectivity index (χ2v) is 7.55. The molecule has 0 unspecified atom stereocenters. The monoisotopic (exact) mass is 484 g/mol. The van der Waals surface area contributed by atoms with Crippen molar-refractivity contribution < 1.29 is 32.9 Å². The molecular weight excluding hydrogens is 465 g/mol. The van der Waals surface area contributed by atoms with E-state index in [1.165, 1.54) is 31.5 Å². The van der Waals surface area contributed by atoms with Gasteiger partial charge in [-0.1, -0.05) is 24.3 Å². The van der Waals surface area contributed by atoms with E-state index in [1.807, 2.05) is 0 Å². The summed E-state index contributed by atoms with van der Waals surface area (Å²) in [6.45, 7) is 0. The molecule has 2 aromatic heterocycles. The lowest BCUT2D eigenvalue weighted by atomic mass is 10.0. The second-order valence-electron chi connectivity index (χ2n) is 7.55. The van der Waals surface area contributed by atoms with Crippen molar-refractivity contribution in [2.75, 3.05) is 12.4 Å². The highest BCUT2D eigenvalue weighted by Crippen LogP contribution is 2.36. The van der Waals surface area contributed by atoms with Crippen LogP contribution < -0.4 is 15.8 Å². The summed E-state index contributed by atoms with van der Waals surface area (Å²) in [6, 6.07) is 13.3. The number of aliphatic hydroxyl groups excluding tert-OH is 1. The van der Waals surface area contributed by atoms with Crippen molar-refractivity contribution in [3.63, 3.8) is 0 Å². The van der Waals surface area contributed by atoms with Crippen molar-refractivity contribution in [3.05, 3.63) is 77.6 Å². The molecule has 11 heteroatoms. The first-order valence-electron chi connectivity index (χ1n) is 10.2. The Morgan fingerprint density at radius 1 is 1.09 bits per heavy atom. The molecule has 2 heterocycles. The molecule has 0 aliphatic rings. The third-order valence-corrected chi connectivity index (χ3v) is 5.22. The second kappa shape index (κ2) is 9.20. The smallest absolute Gasteiger partial charge is 0.433 e. The van der Waals surface area contributed by atoms with Gasteiger partial charge in [0.2, 0.25) is 5.88 Å². The van der Waals surface area contributed by atoms with Crippen LogP contribution in [0.3, 0.4) is 0 Å². The number of pyridine rings is 2. The van der Waals surface area contributed by atoms with E-state index in [2.05, 4.69) is 15.3 Å². The SMILES string of the molecule is COc1cc(-c2ccc3c(Nc4cccc(C(O)O)c4)c(C(N)=O)cnc3c2)cc(C(F)(F)F)n1. The summed E-state index contributed by atoms with van der Waals surface area (Å²) in [5.41, 5.74) is 6.48. The van der Waals surface area contributed by atoms with Gasteiger partial charge in [0.25, 0.3) is 5.91 Å². The summed E-state index contributed by atoms with van der Waals surface area (Å²) >= 11 is 0. The van der Waals surface area contributed by atoms with Gasteiger partial charge in [-0.25, -0.2) is 4.98 Å². The first kappa shape index (κ1) is 23.9. The number of ether oxygens (including phenoxy) is 1. The summed E-state index contributed by atoms with van der Waals surface area (Å²) in [4.78, 5) is 19.8. The van der Waals surface area contributed by atoms with Crippen LogP contribution in [0.15, 0.2) is 60.8 Å². The summed E-state index contributed by atoms with van der Waals surface area (Å²) in [5.74, 6) is -0.946. The minimum atomic E-state index is -4.66. The van der Waals surface area contributed by atoms with Crippen LogP contribution in [0.1, 0.15) is 27.9 Å². The Morgan fingerprint density at radius 3 is 2.51 bits per heavy atom. The lowest BCUT2D eigenvalue weighted by molar-refractivity contribution is -0.141. The third kappa shape index (κ3) is 5.00. The molecule has 5 N–H and O–H groups in total. The largest absolute Gasteiger partial charge is 0.481 e. The zero-order valence-corrected chi connectivity index (χ0v) is 18.2. The van der Waals surface area contributed by atoms with E-state index >= 15 is 0 Å². The maximum absolute atomic E-state index is 13.3. The van der Waals surface area contributed by atoms with E-state index in [0.29, 0.717) is 27.8 Å². The number of nitrogens with two attached hydrogens (primary N) is 1. The van der Waals surface area contributed by atoms with Crippen molar-refractivity contribution in [2.24, 2.45) is 5.73 Å². The summed E-state index contributed by atoms with van der Waals surface area (Å²) < 4.78 is 44.8. The molecule has 0 atom stereocenters. The van der Waals surface area contributed by atoms with Gasteiger partial charge in [-0.2, -0.15) is 13.2 Å². The Hall–Kier alpha value is -4.22. The molecule has 35 heavy (non-hydrogen) atoms. The molecule has 0 saturated carbocycles. The van der Waals surface area contributed by atoms with Crippen molar-refractivity contribution in [2.45, 2.75) is 12.5 Å². The predicted octanol–water partition coefficient (Wildman–Crippen LogP) is 4.15. The number of benzene rings is 2. The number of rotatable bonds is 6. The molecule has 0 spiro atoms. The van der Waals surface area contributed by atoms with Crippen LogP contribution in [0, 0.1) is 0 Å². The highest BCUT2D eigenvalue weighted by Gasteiger charge is 2.33. The van der Waals surface area contributed by atoms with Gasteiger partial charge in [0.15, 0.2) is 6.29 Å². The number of carbonyl (C=O) groups is 1. The molecule has 0 aliphatic heterocycles. The van der Waals surface area contributed by atoms with Gasteiger partial charge in [-0.05, 0) is 35.4 Å². The number of anilines is 2. The van der Waals surface area contributed by atoms with Gasteiger partial charge in [0, 0.05) is 28.9 Å². The van der Waals surface area contributed by atoms with Gasteiger partial charge >= 0.3 is 6.18 Å². The minimum Gasteiger partial charge on any atom is -0.481 e. The number of halogens is 3. The fraction of sp³-hybridized carbons (Fsp3) is 0.125. The Bertz CT molecular complexity index is 1420. The predicted molar refractivity (Wildman–Crippen MR) is 122 cm³/mol. The zero-order chi connectivity index (χ0) is 25.3. The van der Waals surface area contributed by atoms with Crippen molar-refractivity contribution >= 4 is 28.2 Å². The zero-order valence-electron chi connectivity index (χ0n) is 18.2. The van der Waals surface area contributed by atoms with Gasteiger partial charge in [0.05, 0.1) is 23.9 Å². The molecular formula is C24H19F3N4O4. The molecule has 0 bridgehead atoms. The number of nitrogens with zero attached hydrogens (tertiary/aromatic N) is 2. The molecule has 1 amide bonds. The average Bonchev–Trinajstić information content (AvgIpc) is 2.83. The Labute approximate surface area is 196 Å². The van der Waals surface area contributed by atoms with Gasteiger partial charge in [-0.3, -0.25) is 9.78 Å². The molecule has 2 aromatic carbocycles. The standard InChI is InChI=1S/C24H19F3N4O4/c1-35-20-10-14(9-19(31-20)24(25,26)27)12-5-6-16-18(8-12)29-11-17(22(28)32)21(16)30-15-4-2-3-13(7-15)23(33)34/h2-11,23,33-34H,1H3,(H2,28,32)(H,29,30). The fourth-order valence-corrected chi connectivity index (χ4v) is 3.54. The minimum absolute atomic E-state index is 0.0742. The number of fused-ring (bicyclic) bond motifs is 1. The highest BCUT2D eigenvalue weighted by molar-refractivity contribution is 6.08. The normalized spacial score (nSPS) is 11.6. The molecule has 0 aliphatic carbocycles. The fourth-order valence-electron chi connectivity index (χ4n) is 3.54. The quantitative estimate of drug-likeness (QED) is 0.303. The third-order valence-electron chi connectivity index (χ3n) is 5.22. The van der Waals surface area contributed by atoms with Crippen LogP contribution in [0.25, 0.3) is 22.0 Å². The number of aromatic nitrogens is 2. The van der Waals surface area contributed by atoms with E-state index in [0.717, 1.165) is 6.07 Å². The number of hydrogen-bond acceptors (Lipinski definition) is 7. The lowest BCUT2D eigenvalue weighted by Gasteiger charge is -2.15. The molecule has 0 fully saturated rings. The number of alkyl halides is 3. The Kier molecular flexibility index (Phi) is 6.29. The van der Waals surface area contributed by atoms with E-state index in [1.54, 1.807) is 30.3 Å². The van der Waals surface area contributed by atoms with Crippen molar-refractivity contribution in [3.8, 4) is 17.0 Å². The number of methoxy groups -OCH3 is 1. The average molecular weight is 484 g/mol. The Morgan fingerprint density at radius 2 is 1.86 bits per heavy atom. The molecule has 180 valence electrons. The van der Waals surface area contributed by atoms with Gasteiger partial charge in [0.1, 0.15) is 5.69 Å². The van der Waals surface area contributed by atoms with Crippen LogP contribution >= 0.6 is 0 Å². The summed E-state index contributed by atoms with van der Waals surface area (Å²) in [5, 5.41) is 22.4. The number of amides is 1. The molecule has 4 aromatic rings. The highest BCUT2D eigenvalue weighted by atomic mass is 19.4.